The van der Waals surface area contributed by atoms with E-state index in [0.29, 0.717) is 5.75 Å². The Hall–Kier alpha value is -2.46. The van der Waals surface area contributed by atoms with Crippen LogP contribution in [-0.2, 0) is 19.1 Å². The van der Waals surface area contributed by atoms with Crippen LogP contribution in [0, 0.1) is 0 Å². The number of esters is 1. The highest BCUT2D eigenvalue weighted by Gasteiger charge is 2.17. The molecule has 6 heteroatoms. The van der Waals surface area contributed by atoms with Gasteiger partial charge in [0.05, 0.1) is 0 Å². The van der Waals surface area contributed by atoms with E-state index >= 15 is 0 Å². The van der Waals surface area contributed by atoms with Crippen LogP contribution >= 0.6 is 0 Å². The molecule has 1 amide bonds. The number of ether oxygens (including phenoxy) is 2. The summed E-state index contributed by atoms with van der Waals surface area (Å²) in [6, 6.07) is 8.68. The minimum absolute atomic E-state index is 0.327. The number of para-hydroxylation sites is 1. The Morgan fingerprint density at radius 1 is 1.33 bits per heavy atom. The standard InChI is InChI=1S/C12H11NO5/c1-9(12(16)13-8-14)18-11(15)7-17-10-5-3-2-4-6-10/h2-6,9H,7H2,1H3. The number of rotatable bonds is 5. The Bertz CT molecular complexity index is 465. The van der Waals surface area contributed by atoms with Gasteiger partial charge in [-0.3, -0.25) is 4.79 Å². The van der Waals surface area contributed by atoms with Crippen LogP contribution in [0.15, 0.2) is 35.3 Å². The van der Waals surface area contributed by atoms with Crippen LogP contribution in [0.4, 0.5) is 0 Å². The molecular formula is C12H11NO5. The molecule has 0 radical (unpaired) electrons. The van der Waals surface area contributed by atoms with Crippen molar-refractivity contribution in [3.63, 3.8) is 0 Å². The Balaban J connectivity index is 2.38. The van der Waals surface area contributed by atoms with Gasteiger partial charge < -0.3 is 9.47 Å². The molecule has 0 aliphatic heterocycles. The predicted molar refractivity (Wildman–Crippen MR) is 60.6 cm³/mol. The van der Waals surface area contributed by atoms with Crippen LogP contribution in [0.1, 0.15) is 6.92 Å². The van der Waals surface area contributed by atoms with Crippen LogP contribution in [0.3, 0.4) is 0 Å². The van der Waals surface area contributed by atoms with Crippen molar-refractivity contribution in [2.45, 2.75) is 13.0 Å². The van der Waals surface area contributed by atoms with Gasteiger partial charge in [-0.1, -0.05) is 18.2 Å². The summed E-state index contributed by atoms with van der Waals surface area (Å²) in [4.78, 5) is 35.0. The van der Waals surface area contributed by atoms with Crippen molar-refractivity contribution in [1.82, 2.24) is 0 Å². The SMILES string of the molecule is CC(OC(=O)COc1ccccc1)C(=O)N=C=O. The zero-order valence-corrected chi connectivity index (χ0v) is 9.66. The van der Waals surface area contributed by atoms with E-state index in [1.54, 1.807) is 24.3 Å². The second-order valence-corrected chi connectivity index (χ2v) is 3.28. The molecule has 1 unspecified atom stereocenters. The maximum atomic E-state index is 11.3. The van der Waals surface area contributed by atoms with Crippen molar-refractivity contribution in [2.75, 3.05) is 6.61 Å². The highest BCUT2D eigenvalue weighted by molar-refractivity contribution is 5.87. The highest BCUT2D eigenvalue weighted by atomic mass is 16.6. The molecule has 0 aliphatic rings. The molecule has 0 bridgehead atoms. The van der Waals surface area contributed by atoms with Crippen LogP contribution in [0.25, 0.3) is 0 Å². The average Bonchev–Trinajstić information content (AvgIpc) is 2.38. The summed E-state index contributed by atoms with van der Waals surface area (Å²) in [5, 5.41) is 0. The fourth-order valence-corrected chi connectivity index (χ4v) is 1.08. The maximum absolute atomic E-state index is 11.3. The van der Waals surface area contributed by atoms with Gasteiger partial charge in [-0.25, -0.2) is 9.59 Å². The normalized spacial score (nSPS) is 10.9. The van der Waals surface area contributed by atoms with Gasteiger partial charge in [0, 0.05) is 0 Å². The number of aliphatic imine (C=N–C) groups is 1. The first-order valence-corrected chi connectivity index (χ1v) is 5.12. The zero-order valence-electron chi connectivity index (χ0n) is 9.66. The molecule has 94 valence electrons. The van der Waals surface area contributed by atoms with Crippen LogP contribution in [0.2, 0.25) is 0 Å². The third kappa shape index (κ3) is 4.59. The lowest BCUT2D eigenvalue weighted by Gasteiger charge is -2.09. The molecule has 0 aromatic heterocycles. The van der Waals surface area contributed by atoms with Gasteiger partial charge in [-0.15, -0.1) is 4.99 Å². The van der Waals surface area contributed by atoms with E-state index < -0.39 is 18.0 Å². The Kier molecular flexibility index (Phi) is 5.28. The maximum Gasteiger partial charge on any atom is 0.344 e. The third-order valence-electron chi connectivity index (χ3n) is 1.91. The van der Waals surface area contributed by atoms with Crippen molar-refractivity contribution in [2.24, 2.45) is 4.99 Å². The first-order chi connectivity index (χ1) is 8.63. The lowest BCUT2D eigenvalue weighted by atomic mass is 10.3. The minimum atomic E-state index is -1.13. The number of nitrogens with zero attached hydrogens (tertiary/aromatic N) is 1. The number of carbonyl (C=O) groups excluding carboxylic acids is 3. The largest absolute Gasteiger partial charge is 0.482 e. The summed E-state index contributed by atoms with van der Waals surface area (Å²) in [5.74, 6) is -1.07. The smallest absolute Gasteiger partial charge is 0.344 e. The van der Waals surface area contributed by atoms with Crippen molar-refractivity contribution in [3.8, 4) is 5.75 Å². The van der Waals surface area contributed by atoms with Gasteiger partial charge in [0.15, 0.2) is 12.7 Å². The third-order valence-corrected chi connectivity index (χ3v) is 1.91. The van der Waals surface area contributed by atoms with E-state index in [-0.39, 0.29) is 6.61 Å². The number of hydrogen-bond acceptors (Lipinski definition) is 5. The molecule has 1 atom stereocenters. The Labute approximate surface area is 103 Å². The summed E-state index contributed by atoms with van der Waals surface area (Å²) in [6.45, 7) is 0.982. The topological polar surface area (TPSA) is 82.0 Å². The van der Waals surface area contributed by atoms with Gasteiger partial charge in [-0.2, -0.15) is 0 Å². The number of amides is 1. The molecule has 0 aliphatic carbocycles. The summed E-state index contributed by atoms with van der Waals surface area (Å²) < 4.78 is 9.81. The lowest BCUT2D eigenvalue weighted by Crippen LogP contribution is -2.26. The molecular weight excluding hydrogens is 238 g/mol. The Morgan fingerprint density at radius 2 is 2.00 bits per heavy atom. The molecule has 0 fully saturated rings. The molecule has 0 spiro atoms. The van der Waals surface area contributed by atoms with Gasteiger partial charge in [0.25, 0.3) is 5.91 Å². The minimum Gasteiger partial charge on any atom is -0.482 e. The van der Waals surface area contributed by atoms with Crippen molar-refractivity contribution in [1.29, 1.82) is 0 Å². The van der Waals surface area contributed by atoms with Crippen LogP contribution in [-0.4, -0.2) is 30.7 Å². The van der Waals surface area contributed by atoms with E-state index in [1.165, 1.54) is 6.92 Å². The molecule has 1 rings (SSSR count). The van der Waals surface area contributed by atoms with Crippen molar-refractivity contribution in [3.05, 3.63) is 30.3 Å². The first-order valence-electron chi connectivity index (χ1n) is 5.12. The van der Waals surface area contributed by atoms with Crippen molar-refractivity contribution >= 4 is 18.0 Å². The summed E-state index contributed by atoms with van der Waals surface area (Å²) >= 11 is 0. The number of isocyanates is 1. The Morgan fingerprint density at radius 3 is 2.61 bits per heavy atom. The fraction of sp³-hybridized carbons (Fsp3) is 0.250. The fourth-order valence-electron chi connectivity index (χ4n) is 1.08. The second-order valence-electron chi connectivity index (χ2n) is 3.28. The monoisotopic (exact) mass is 249 g/mol. The molecule has 0 saturated heterocycles. The van der Waals surface area contributed by atoms with E-state index in [4.69, 9.17) is 9.47 Å². The van der Waals surface area contributed by atoms with Gasteiger partial charge in [0.2, 0.25) is 6.08 Å². The zero-order chi connectivity index (χ0) is 13.4. The quantitative estimate of drug-likeness (QED) is 0.439. The summed E-state index contributed by atoms with van der Waals surface area (Å²) in [7, 11) is 0. The molecule has 0 saturated carbocycles. The molecule has 6 nitrogen and oxygen atoms in total. The van der Waals surface area contributed by atoms with Gasteiger partial charge in [-0.05, 0) is 19.1 Å². The van der Waals surface area contributed by atoms with Gasteiger partial charge >= 0.3 is 5.97 Å². The second kappa shape index (κ2) is 6.98. The molecule has 1 aromatic carbocycles. The number of hydrogen-bond donors (Lipinski definition) is 0. The molecule has 0 N–H and O–H groups in total. The lowest BCUT2D eigenvalue weighted by molar-refractivity contribution is -0.155. The van der Waals surface area contributed by atoms with Gasteiger partial charge in [0.1, 0.15) is 5.75 Å². The summed E-state index contributed by atoms with van der Waals surface area (Å²) in [5.41, 5.74) is 0. The summed E-state index contributed by atoms with van der Waals surface area (Å²) in [6.07, 6.45) is -0.0442. The van der Waals surface area contributed by atoms with Crippen LogP contribution in [0.5, 0.6) is 5.75 Å². The molecule has 1 aromatic rings. The van der Waals surface area contributed by atoms with E-state index in [0.717, 1.165) is 6.08 Å². The van der Waals surface area contributed by atoms with E-state index in [2.05, 4.69) is 4.99 Å². The van der Waals surface area contributed by atoms with E-state index in [1.807, 2.05) is 6.07 Å². The molecule has 0 heterocycles. The molecule has 18 heavy (non-hydrogen) atoms. The predicted octanol–water partition coefficient (Wildman–Crippen LogP) is 0.859. The van der Waals surface area contributed by atoms with E-state index in [9.17, 15) is 14.4 Å². The number of carbonyl (C=O) groups is 2. The highest BCUT2D eigenvalue weighted by Crippen LogP contribution is 2.08. The average molecular weight is 249 g/mol. The van der Waals surface area contributed by atoms with Crippen molar-refractivity contribution < 1.29 is 23.9 Å². The first kappa shape index (κ1) is 13.6. The number of benzene rings is 1. The van der Waals surface area contributed by atoms with Crippen LogP contribution < -0.4 is 4.74 Å².